The lowest BCUT2D eigenvalue weighted by Crippen LogP contribution is -2.52. The lowest BCUT2D eigenvalue weighted by Gasteiger charge is -2.28. The lowest BCUT2D eigenvalue weighted by molar-refractivity contribution is -0.145. The van der Waals surface area contributed by atoms with Crippen LogP contribution in [-0.4, -0.2) is 76.1 Å². The molecule has 16 heteroatoms. The van der Waals surface area contributed by atoms with Gasteiger partial charge in [-0.25, -0.2) is 19.5 Å². The number of carbonyl (C=O) groups is 5. The van der Waals surface area contributed by atoms with Crippen LogP contribution in [0.15, 0.2) is 54.7 Å². The molecule has 1 aliphatic heterocycles. The number of rotatable bonds is 9. The van der Waals surface area contributed by atoms with Crippen LogP contribution in [0.1, 0.15) is 53.5 Å². The predicted molar refractivity (Wildman–Crippen MR) is 190 cm³/mol. The van der Waals surface area contributed by atoms with Gasteiger partial charge >= 0.3 is 12.1 Å². The standard InChI is InChI=1S/C33H32Cl4N4O7S/c1-33(2,3)48-32(46)40-17-49-16-24(40)28(42)39-23(31(45)47-4)13-11-18-12-14-25(38-15-18)41(29(43)26-19(34)7-5-8-20(26)35)30(44)27-21(36)9-6-10-22(27)37/h5-10,12,14-15,23-24H,11,13,16-17H2,1-4H3,(H,39,42). The molecule has 1 saturated heterocycles. The van der Waals surface area contributed by atoms with Crippen LogP contribution in [0.4, 0.5) is 10.6 Å². The highest BCUT2D eigenvalue weighted by Crippen LogP contribution is 2.32. The number of thioether (sulfide) groups is 1. The molecule has 0 radical (unpaired) electrons. The number of nitrogens with zero attached hydrogens (tertiary/aromatic N) is 3. The Morgan fingerprint density at radius 1 is 0.939 bits per heavy atom. The van der Waals surface area contributed by atoms with E-state index in [1.807, 2.05) is 0 Å². The van der Waals surface area contributed by atoms with Crippen molar-refractivity contribution in [3.63, 3.8) is 0 Å². The molecule has 1 aromatic heterocycles. The summed E-state index contributed by atoms with van der Waals surface area (Å²) >= 11 is 26.7. The van der Waals surface area contributed by atoms with Crippen LogP contribution >= 0.6 is 58.2 Å². The first-order chi connectivity index (χ1) is 23.1. The first kappa shape index (κ1) is 38.3. The largest absolute Gasteiger partial charge is 0.467 e. The zero-order valence-electron chi connectivity index (χ0n) is 26.8. The van der Waals surface area contributed by atoms with Crippen LogP contribution < -0.4 is 10.2 Å². The monoisotopic (exact) mass is 768 g/mol. The fourth-order valence-corrected chi connectivity index (χ4v) is 7.02. The molecule has 0 aliphatic carbocycles. The minimum Gasteiger partial charge on any atom is -0.467 e. The van der Waals surface area contributed by atoms with Crippen molar-refractivity contribution >= 4 is 93.8 Å². The maximum atomic E-state index is 13.9. The Hall–Kier alpha value is -3.55. The van der Waals surface area contributed by atoms with E-state index in [2.05, 4.69) is 10.3 Å². The minimum atomic E-state index is -1.05. The average molecular weight is 771 g/mol. The molecule has 1 fully saturated rings. The second kappa shape index (κ2) is 16.4. The van der Waals surface area contributed by atoms with Gasteiger partial charge in [0.2, 0.25) is 5.91 Å². The van der Waals surface area contributed by atoms with Gasteiger partial charge in [-0.1, -0.05) is 64.6 Å². The maximum absolute atomic E-state index is 13.9. The van der Waals surface area contributed by atoms with E-state index in [0.717, 1.165) is 4.90 Å². The number of esters is 1. The van der Waals surface area contributed by atoms with E-state index >= 15 is 0 Å². The van der Waals surface area contributed by atoms with Crippen LogP contribution in [0.3, 0.4) is 0 Å². The van der Waals surface area contributed by atoms with Crippen molar-refractivity contribution in [1.82, 2.24) is 15.2 Å². The van der Waals surface area contributed by atoms with Crippen molar-refractivity contribution in [3.8, 4) is 0 Å². The van der Waals surface area contributed by atoms with Gasteiger partial charge in [0, 0.05) is 11.9 Å². The summed E-state index contributed by atoms with van der Waals surface area (Å²) in [7, 11) is 1.20. The minimum absolute atomic E-state index is 0.0125. The number of hydrogen-bond donors (Lipinski definition) is 1. The molecule has 49 heavy (non-hydrogen) atoms. The Labute approximate surface area is 307 Å². The van der Waals surface area contributed by atoms with E-state index in [4.69, 9.17) is 55.9 Å². The fraction of sp³-hybridized carbons (Fsp3) is 0.333. The van der Waals surface area contributed by atoms with E-state index in [9.17, 15) is 24.0 Å². The lowest BCUT2D eigenvalue weighted by atomic mass is 10.1. The Morgan fingerprint density at radius 3 is 1.96 bits per heavy atom. The third kappa shape index (κ3) is 9.37. The molecule has 11 nitrogen and oxygen atoms in total. The van der Waals surface area contributed by atoms with Gasteiger partial charge in [-0.15, -0.1) is 11.8 Å². The highest BCUT2D eigenvalue weighted by molar-refractivity contribution is 7.99. The number of carbonyl (C=O) groups excluding carboxylic acids is 5. The average Bonchev–Trinajstić information content (AvgIpc) is 3.53. The van der Waals surface area contributed by atoms with Crippen LogP contribution in [0.25, 0.3) is 0 Å². The van der Waals surface area contributed by atoms with Crippen molar-refractivity contribution in [2.45, 2.75) is 51.3 Å². The van der Waals surface area contributed by atoms with Crippen LogP contribution in [-0.2, 0) is 25.5 Å². The number of imide groups is 1. The summed E-state index contributed by atoms with van der Waals surface area (Å²) in [5.74, 6) is -2.42. The number of nitrogens with one attached hydrogen (secondary N) is 1. The van der Waals surface area contributed by atoms with E-state index in [0.29, 0.717) is 11.3 Å². The molecule has 1 N–H and O–H groups in total. The molecule has 1 aliphatic rings. The fourth-order valence-electron chi connectivity index (χ4n) is 4.76. The second-order valence-corrected chi connectivity index (χ2v) is 14.4. The summed E-state index contributed by atoms with van der Waals surface area (Å²) in [4.78, 5) is 72.8. The molecule has 0 bridgehead atoms. The summed E-state index contributed by atoms with van der Waals surface area (Å²) in [6, 6.07) is 10.1. The number of ether oxygens (including phenoxy) is 2. The normalized spacial score (nSPS) is 14.9. The second-order valence-electron chi connectivity index (χ2n) is 11.8. The number of methoxy groups -OCH3 is 1. The highest BCUT2D eigenvalue weighted by Gasteiger charge is 2.39. The van der Waals surface area contributed by atoms with E-state index < -0.39 is 47.5 Å². The summed E-state index contributed by atoms with van der Waals surface area (Å²) in [5, 5.41) is 2.75. The Bertz CT molecular complexity index is 1650. The molecular weight excluding hydrogens is 738 g/mol. The molecule has 4 amide bonds. The Balaban J connectivity index is 1.55. The number of aromatic nitrogens is 1. The Kier molecular flexibility index (Phi) is 12.8. The summed E-state index contributed by atoms with van der Waals surface area (Å²) in [5.41, 5.74) is -0.401. The highest BCUT2D eigenvalue weighted by atomic mass is 35.5. The number of pyridine rings is 1. The number of hydrogen-bond acceptors (Lipinski definition) is 9. The van der Waals surface area contributed by atoms with Crippen molar-refractivity contribution < 1.29 is 33.4 Å². The molecule has 4 rings (SSSR count). The van der Waals surface area contributed by atoms with Gasteiger partial charge in [-0.05, 0) is 69.5 Å². The Morgan fingerprint density at radius 2 is 1.49 bits per heavy atom. The smallest absolute Gasteiger partial charge is 0.411 e. The molecule has 2 unspecified atom stereocenters. The molecule has 2 aromatic carbocycles. The number of benzene rings is 2. The molecule has 2 atom stereocenters. The van der Waals surface area contributed by atoms with Crippen molar-refractivity contribution in [2.24, 2.45) is 0 Å². The molecule has 2 heterocycles. The molecule has 3 aromatic rings. The first-order valence-corrected chi connectivity index (χ1v) is 17.5. The van der Waals surface area contributed by atoms with Gasteiger partial charge in [0.1, 0.15) is 23.5 Å². The number of anilines is 1. The zero-order chi connectivity index (χ0) is 36.0. The van der Waals surface area contributed by atoms with Crippen LogP contribution in [0.5, 0.6) is 0 Å². The third-order valence-electron chi connectivity index (χ3n) is 7.13. The van der Waals surface area contributed by atoms with Gasteiger partial charge in [-0.3, -0.25) is 19.3 Å². The molecule has 0 spiro atoms. The van der Waals surface area contributed by atoms with Gasteiger partial charge in [0.25, 0.3) is 11.8 Å². The first-order valence-electron chi connectivity index (χ1n) is 14.8. The van der Waals surface area contributed by atoms with Crippen molar-refractivity contribution in [2.75, 3.05) is 23.6 Å². The van der Waals surface area contributed by atoms with Crippen LogP contribution in [0, 0.1) is 0 Å². The van der Waals surface area contributed by atoms with Crippen molar-refractivity contribution in [1.29, 1.82) is 0 Å². The summed E-state index contributed by atoms with van der Waals surface area (Å²) in [6.45, 7) is 5.19. The SMILES string of the molecule is COC(=O)C(CCc1ccc(N(C(=O)c2c(Cl)cccc2Cl)C(=O)c2c(Cl)cccc2Cl)nc1)NC(=O)C1CSCN1C(=O)OC(C)(C)C. The molecule has 260 valence electrons. The van der Waals surface area contributed by atoms with Crippen LogP contribution in [0.2, 0.25) is 20.1 Å². The van der Waals surface area contributed by atoms with E-state index in [1.165, 1.54) is 60.3 Å². The summed E-state index contributed by atoms with van der Waals surface area (Å²) < 4.78 is 10.4. The topological polar surface area (TPSA) is 135 Å². The number of halogens is 4. The van der Waals surface area contributed by atoms with Gasteiger partial charge in [0.15, 0.2) is 0 Å². The number of amides is 4. The molecular formula is C33H32Cl4N4O7S. The predicted octanol–water partition coefficient (Wildman–Crippen LogP) is 7.08. The number of aryl methyl sites for hydroxylation is 1. The third-order valence-corrected chi connectivity index (χ3v) is 9.41. The van der Waals surface area contributed by atoms with E-state index in [-0.39, 0.29) is 55.8 Å². The van der Waals surface area contributed by atoms with Crippen molar-refractivity contribution in [3.05, 3.63) is 91.5 Å². The zero-order valence-corrected chi connectivity index (χ0v) is 30.6. The quantitative estimate of drug-likeness (QED) is 0.179. The van der Waals surface area contributed by atoms with Gasteiger partial charge < -0.3 is 14.8 Å². The van der Waals surface area contributed by atoms with Gasteiger partial charge in [0.05, 0.1) is 44.2 Å². The van der Waals surface area contributed by atoms with Gasteiger partial charge in [-0.2, -0.15) is 0 Å². The van der Waals surface area contributed by atoms with E-state index in [1.54, 1.807) is 39.0 Å². The summed E-state index contributed by atoms with van der Waals surface area (Å²) in [6.07, 6.45) is 1.13. The maximum Gasteiger partial charge on any atom is 0.411 e. The molecule has 0 saturated carbocycles.